The van der Waals surface area contributed by atoms with Crippen LogP contribution in [0.25, 0.3) is 0 Å². The third kappa shape index (κ3) is 3.64. The second-order valence-corrected chi connectivity index (χ2v) is 6.88. The van der Waals surface area contributed by atoms with Gasteiger partial charge in [0.05, 0.1) is 0 Å². The molecule has 1 aromatic rings. The molecule has 0 aliphatic carbocycles. The molecule has 1 amide bonds. The number of hydrogen-bond acceptors (Lipinski definition) is 4. The van der Waals surface area contributed by atoms with Crippen LogP contribution in [0.4, 0.5) is 16.2 Å². The van der Waals surface area contributed by atoms with Crippen LogP contribution in [0.15, 0.2) is 12.1 Å². The number of hydrogen-bond donors (Lipinski definition) is 1. The topological polar surface area (TPSA) is 58.8 Å². The van der Waals surface area contributed by atoms with Gasteiger partial charge in [-0.15, -0.1) is 0 Å². The maximum absolute atomic E-state index is 12.1. The minimum absolute atomic E-state index is 0.225. The first-order valence-electron chi connectivity index (χ1n) is 7.77. The number of amides is 1. The lowest BCUT2D eigenvalue weighted by atomic mass is 10.0. The van der Waals surface area contributed by atoms with E-state index in [0.717, 1.165) is 24.3 Å². The molecule has 0 radical (unpaired) electrons. The van der Waals surface area contributed by atoms with Crippen molar-refractivity contribution in [1.29, 1.82) is 0 Å². The molecular formula is C17H27N3O2. The summed E-state index contributed by atoms with van der Waals surface area (Å²) in [5.41, 5.74) is 9.88. The Balaban J connectivity index is 2.01. The SMILES string of the molecule is Cc1c(N)ccc(N2CCN(C(=O)OC(C)(C)C)CC2)c1C. The number of nitrogens with two attached hydrogens (primary N) is 1. The first-order chi connectivity index (χ1) is 10.2. The Morgan fingerprint density at radius 1 is 1.09 bits per heavy atom. The molecule has 0 bridgehead atoms. The van der Waals surface area contributed by atoms with E-state index in [2.05, 4.69) is 17.9 Å². The maximum Gasteiger partial charge on any atom is 0.410 e. The molecule has 0 saturated carbocycles. The molecule has 5 nitrogen and oxygen atoms in total. The van der Waals surface area contributed by atoms with E-state index in [1.54, 1.807) is 4.90 Å². The summed E-state index contributed by atoms with van der Waals surface area (Å²) in [5, 5.41) is 0. The molecule has 122 valence electrons. The summed E-state index contributed by atoms with van der Waals surface area (Å²) in [4.78, 5) is 16.2. The van der Waals surface area contributed by atoms with Crippen molar-refractivity contribution in [2.24, 2.45) is 0 Å². The average Bonchev–Trinajstić information content (AvgIpc) is 2.43. The largest absolute Gasteiger partial charge is 0.444 e. The molecule has 0 atom stereocenters. The Kier molecular flexibility index (Phi) is 4.54. The highest BCUT2D eigenvalue weighted by atomic mass is 16.6. The van der Waals surface area contributed by atoms with Crippen LogP contribution in [-0.4, -0.2) is 42.8 Å². The highest BCUT2D eigenvalue weighted by Crippen LogP contribution is 2.27. The van der Waals surface area contributed by atoms with E-state index in [4.69, 9.17) is 10.5 Å². The fourth-order valence-corrected chi connectivity index (χ4v) is 2.63. The van der Waals surface area contributed by atoms with Crippen molar-refractivity contribution < 1.29 is 9.53 Å². The lowest BCUT2D eigenvalue weighted by Gasteiger charge is -2.37. The second-order valence-electron chi connectivity index (χ2n) is 6.88. The first-order valence-corrected chi connectivity index (χ1v) is 7.77. The van der Waals surface area contributed by atoms with Gasteiger partial charge in [-0.05, 0) is 57.9 Å². The number of carbonyl (C=O) groups is 1. The van der Waals surface area contributed by atoms with Crippen molar-refractivity contribution >= 4 is 17.5 Å². The number of nitrogens with zero attached hydrogens (tertiary/aromatic N) is 2. The summed E-state index contributed by atoms with van der Waals surface area (Å²) in [6.07, 6.45) is -0.225. The van der Waals surface area contributed by atoms with Crippen molar-refractivity contribution in [2.75, 3.05) is 36.8 Å². The summed E-state index contributed by atoms with van der Waals surface area (Å²) < 4.78 is 5.43. The van der Waals surface area contributed by atoms with Crippen LogP contribution in [0, 0.1) is 13.8 Å². The summed E-state index contributed by atoms with van der Waals surface area (Å²) in [6.45, 7) is 12.8. The van der Waals surface area contributed by atoms with Crippen molar-refractivity contribution in [1.82, 2.24) is 4.90 Å². The van der Waals surface area contributed by atoms with E-state index < -0.39 is 5.60 Å². The molecule has 5 heteroatoms. The van der Waals surface area contributed by atoms with Gasteiger partial charge in [0.1, 0.15) is 5.60 Å². The van der Waals surface area contributed by atoms with Gasteiger partial charge in [-0.3, -0.25) is 0 Å². The van der Waals surface area contributed by atoms with Crippen LogP contribution < -0.4 is 10.6 Å². The van der Waals surface area contributed by atoms with Gasteiger partial charge in [-0.2, -0.15) is 0 Å². The molecule has 0 aromatic heterocycles. The van der Waals surface area contributed by atoms with Crippen molar-refractivity contribution in [2.45, 2.75) is 40.2 Å². The Morgan fingerprint density at radius 2 is 1.68 bits per heavy atom. The normalized spacial score (nSPS) is 15.9. The molecular weight excluding hydrogens is 278 g/mol. The molecule has 1 aliphatic rings. The van der Waals surface area contributed by atoms with Gasteiger partial charge in [0, 0.05) is 37.6 Å². The first kappa shape index (κ1) is 16.5. The summed E-state index contributed by atoms with van der Waals surface area (Å²) in [6, 6.07) is 4.03. The Bertz CT molecular complexity index is 556. The highest BCUT2D eigenvalue weighted by Gasteiger charge is 2.26. The molecule has 1 fully saturated rings. The third-order valence-electron chi connectivity index (χ3n) is 4.07. The number of ether oxygens (including phenoxy) is 1. The zero-order chi connectivity index (χ0) is 16.5. The van der Waals surface area contributed by atoms with Crippen molar-refractivity contribution in [3.63, 3.8) is 0 Å². The molecule has 2 rings (SSSR count). The predicted molar refractivity (Wildman–Crippen MR) is 90.3 cm³/mol. The molecule has 1 saturated heterocycles. The van der Waals surface area contributed by atoms with E-state index >= 15 is 0 Å². The van der Waals surface area contributed by atoms with Crippen molar-refractivity contribution in [3.05, 3.63) is 23.3 Å². The van der Waals surface area contributed by atoms with Crippen LogP contribution in [-0.2, 0) is 4.74 Å². The fourth-order valence-electron chi connectivity index (χ4n) is 2.63. The van der Waals surface area contributed by atoms with Crippen molar-refractivity contribution in [3.8, 4) is 0 Å². The zero-order valence-corrected chi connectivity index (χ0v) is 14.3. The average molecular weight is 305 g/mol. The van der Waals surface area contributed by atoms with E-state index in [1.807, 2.05) is 33.8 Å². The lowest BCUT2D eigenvalue weighted by molar-refractivity contribution is 0.0240. The van der Waals surface area contributed by atoms with Crippen LogP contribution in [0.5, 0.6) is 0 Å². The van der Waals surface area contributed by atoms with Crippen LogP contribution >= 0.6 is 0 Å². The number of nitrogen functional groups attached to an aromatic ring is 1. The third-order valence-corrected chi connectivity index (χ3v) is 4.07. The van der Waals surface area contributed by atoms with E-state index in [-0.39, 0.29) is 6.09 Å². The second kappa shape index (κ2) is 6.07. The standard InChI is InChI=1S/C17H27N3O2/c1-12-13(2)15(7-6-14(12)18)19-8-10-20(11-9-19)16(21)22-17(3,4)5/h6-7H,8-11,18H2,1-5H3. The molecule has 0 unspecified atom stereocenters. The van der Waals surface area contributed by atoms with E-state index in [0.29, 0.717) is 13.1 Å². The van der Waals surface area contributed by atoms with Gasteiger partial charge < -0.3 is 20.3 Å². The summed E-state index contributed by atoms with van der Waals surface area (Å²) in [5.74, 6) is 0. The van der Waals surface area contributed by atoms with Gasteiger partial charge in [0.2, 0.25) is 0 Å². The summed E-state index contributed by atoms with van der Waals surface area (Å²) >= 11 is 0. The Morgan fingerprint density at radius 3 is 2.23 bits per heavy atom. The van der Waals surface area contributed by atoms with Gasteiger partial charge in [0.25, 0.3) is 0 Å². The maximum atomic E-state index is 12.1. The number of rotatable bonds is 1. The smallest absolute Gasteiger partial charge is 0.410 e. The molecule has 1 aliphatic heterocycles. The number of anilines is 2. The number of benzene rings is 1. The van der Waals surface area contributed by atoms with Gasteiger partial charge >= 0.3 is 6.09 Å². The molecule has 22 heavy (non-hydrogen) atoms. The van der Waals surface area contributed by atoms with Gasteiger partial charge in [-0.25, -0.2) is 4.79 Å². The zero-order valence-electron chi connectivity index (χ0n) is 14.3. The predicted octanol–water partition coefficient (Wildman–Crippen LogP) is 2.94. The Labute approximate surface area is 133 Å². The van der Waals surface area contributed by atoms with E-state index in [1.165, 1.54) is 11.3 Å². The lowest BCUT2D eigenvalue weighted by Crippen LogP contribution is -2.50. The minimum atomic E-state index is -0.446. The molecule has 1 heterocycles. The van der Waals surface area contributed by atoms with Crippen LogP contribution in [0.1, 0.15) is 31.9 Å². The highest BCUT2D eigenvalue weighted by molar-refractivity contribution is 5.69. The summed E-state index contributed by atoms with van der Waals surface area (Å²) in [7, 11) is 0. The monoisotopic (exact) mass is 305 g/mol. The molecule has 1 aromatic carbocycles. The minimum Gasteiger partial charge on any atom is -0.444 e. The van der Waals surface area contributed by atoms with Gasteiger partial charge in [0.15, 0.2) is 0 Å². The van der Waals surface area contributed by atoms with Crippen LogP contribution in [0.3, 0.4) is 0 Å². The molecule has 0 spiro atoms. The quantitative estimate of drug-likeness (QED) is 0.810. The fraction of sp³-hybridized carbons (Fsp3) is 0.588. The number of piperazine rings is 1. The van der Waals surface area contributed by atoms with Gasteiger partial charge in [-0.1, -0.05) is 0 Å². The number of carbonyl (C=O) groups excluding carboxylic acids is 1. The molecule has 2 N–H and O–H groups in total. The van der Waals surface area contributed by atoms with Crippen LogP contribution in [0.2, 0.25) is 0 Å². The Hall–Kier alpha value is -1.91. The van der Waals surface area contributed by atoms with E-state index in [9.17, 15) is 4.79 Å².